The second kappa shape index (κ2) is 10.2. The Hall–Kier alpha value is -1.79. The van der Waals surface area contributed by atoms with Crippen LogP contribution in [0.3, 0.4) is 0 Å². The molecular weight excluding hydrogens is 306 g/mol. The van der Waals surface area contributed by atoms with Gasteiger partial charge >= 0.3 is 0 Å². The Bertz CT molecular complexity index is 516. The maximum absolute atomic E-state index is 12.0. The highest BCUT2D eigenvalue weighted by Crippen LogP contribution is 2.24. The molecular formula is C18H29N3O3. The normalized spacial score (nSPS) is 15.1. The molecule has 0 saturated carbocycles. The van der Waals surface area contributed by atoms with E-state index >= 15 is 0 Å². The van der Waals surface area contributed by atoms with Crippen LogP contribution in [0, 0.1) is 0 Å². The lowest BCUT2D eigenvalue weighted by molar-refractivity contribution is -0.121. The molecule has 1 saturated heterocycles. The Balaban J connectivity index is 1.67. The molecule has 6 heteroatoms. The van der Waals surface area contributed by atoms with Gasteiger partial charge in [-0.15, -0.1) is 0 Å². The van der Waals surface area contributed by atoms with E-state index in [1.54, 1.807) is 14.2 Å². The van der Waals surface area contributed by atoms with Gasteiger partial charge in [0.2, 0.25) is 5.91 Å². The van der Waals surface area contributed by atoms with Gasteiger partial charge in [0, 0.05) is 39.1 Å². The summed E-state index contributed by atoms with van der Waals surface area (Å²) < 4.78 is 10.6. The first-order chi connectivity index (χ1) is 11.7. The van der Waals surface area contributed by atoms with Crippen molar-refractivity contribution >= 4 is 5.91 Å². The Labute approximate surface area is 144 Å². The summed E-state index contributed by atoms with van der Waals surface area (Å²) in [5.74, 6) is 1.66. The van der Waals surface area contributed by atoms with Gasteiger partial charge < -0.3 is 25.0 Å². The lowest BCUT2D eigenvalue weighted by Gasteiger charge is -2.27. The van der Waals surface area contributed by atoms with Crippen LogP contribution in [0.2, 0.25) is 0 Å². The first-order valence-corrected chi connectivity index (χ1v) is 8.63. The van der Waals surface area contributed by atoms with Crippen molar-refractivity contribution in [2.24, 2.45) is 0 Å². The summed E-state index contributed by atoms with van der Waals surface area (Å²) in [6.07, 6.45) is 2.09. The molecule has 2 rings (SSSR count). The van der Waals surface area contributed by atoms with Crippen LogP contribution in [0.5, 0.6) is 11.5 Å². The van der Waals surface area contributed by atoms with Crippen molar-refractivity contribution in [2.75, 3.05) is 53.5 Å². The topological polar surface area (TPSA) is 62.8 Å². The van der Waals surface area contributed by atoms with Gasteiger partial charge in [-0.05, 0) is 43.1 Å². The smallest absolute Gasteiger partial charge is 0.220 e. The lowest BCUT2D eigenvalue weighted by Crippen LogP contribution is -2.44. The summed E-state index contributed by atoms with van der Waals surface area (Å²) in [6, 6.07) is 5.66. The summed E-state index contributed by atoms with van der Waals surface area (Å²) in [5, 5.41) is 6.35. The molecule has 2 N–H and O–H groups in total. The average molecular weight is 335 g/mol. The number of nitrogens with one attached hydrogen (secondary N) is 2. The van der Waals surface area contributed by atoms with Gasteiger partial charge in [-0.1, -0.05) is 0 Å². The van der Waals surface area contributed by atoms with Crippen LogP contribution in [-0.2, 0) is 11.2 Å². The molecule has 6 nitrogen and oxygen atoms in total. The quantitative estimate of drug-likeness (QED) is 0.661. The third-order valence-electron chi connectivity index (χ3n) is 4.29. The number of hydrogen-bond donors (Lipinski definition) is 2. The monoisotopic (exact) mass is 335 g/mol. The number of rotatable bonds is 9. The van der Waals surface area contributed by atoms with E-state index in [4.69, 9.17) is 9.47 Å². The summed E-state index contributed by atoms with van der Waals surface area (Å²) >= 11 is 0. The van der Waals surface area contributed by atoms with Gasteiger partial charge in [0.25, 0.3) is 0 Å². The Morgan fingerprint density at radius 1 is 1.25 bits per heavy atom. The Morgan fingerprint density at radius 3 is 2.75 bits per heavy atom. The number of benzene rings is 1. The molecule has 0 radical (unpaired) electrons. The van der Waals surface area contributed by atoms with Crippen LogP contribution in [0.4, 0.5) is 0 Å². The van der Waals surface area contributed by atoms with Gasteiger partial charge in [-0.2, -0.15) is 0 Å². The van der Waals surface area contributed by atoms with Gasteiger partial charge in [0.15, 0.2) is 0 Å². The zero-order chi connectivity index (χ0) is 17.2. The van der Waals surface area contributed by atoms with E-state index in [9.17, 15) is 4.79 Å². The molecule has 134 valence electrons. The summed E-state index contributed by atoms with van der Waals surface area (Å²) in [4.78, 5) is 14.4. The fraction of sp³-hybridized carbons (Fsp3) is 0.611. The zero-order valence-corrected chi connectivity index (χ0v) is 14.8. The molecule has 0 aromatic heterocycles. The van der Waals surface area contributed by atoms with E-state index in [2.05, 4.69) is 15.5 Å². The van der Waals surface area contributed by atoms with Crippen LogP contribution in [-0.4, -0.2) is 64.3 Å². The SMILES string of the molecule is COc1ccc(OC)c(CCC(=O)NCCCN2CCNCC2)c1. The van der Waals surface area contributed by atoms with Crippen LogP contribution in [0.15, 0.2) is 18.2 Å². The van der Waals surface area contributed by atoms with Crippen molar-refractivity contribution < 1.29 is 14.3 Å². The summed E-state index contributed by atoms with van der Waals surface area (Å²) in [7, 11) is 3.28. The van der Waals surface area contributed by atoms with E-state index in [0.717, 1.165) is 62.8 Å². The van der Waals surface area contributed by atoms with Gasteiger partial charge in [-0.3, -0.25) is 4.79 Å². The Kier molecular flexibility index (Phi) is 7.85. The second-order valence-electron chi connectivity index (χ2n) is 5.97. The van der Waals surface area contributed by atoms with Gasteiger partial charge in [0.1, 0.15) is 11.5 Å². The number of ether oxygens (including phenoxy) is 2. The number of hydrogen-bond acceptors (Lipinski definition) is 5. The zero-order valence-electron chi connectivity index (χ0n) is 14.8. The first kappa shape index (κ1) is 18.5. The molecule has 1 aromatic rings. The average Bonchev–Trinajstić information content (AvgIpc) is 2.64. The molecule has 1 amide bonds. The van der Waals surface area contributed by atoms with Gasteiger partial charge in [0.05, 0.1) is 14.2 Å². The number of carbonyl (C=O) groups is 1. The molecule has 1 aliphatic heterocycles. The predicted molar refractivity (Wildman–Crippen MR) is 94.8 cm³/mol. The minimum Gasteiger partial charge on any atom is -0.497 e. The molecule has 24 heavy (non-hydrogen) atoms. The van der Waals surface area contributed by atoms with E-state index < -0.39 is 0 Å². The minimum atomic E-state index is 0.0835. The third-order valence-corrected chi connectivity index (χ3v) is 4.29. The van der Waals surface area contributed by atoms with Crippen LogP contribution in [0.25, 0.3) is 0 Å². The van der Waals surface area contributed by atoms with E-state index in [1.165, 1.54) is 0 Å². The van der Waals surface area contributed by atoms with Crippen molar-refractivity contribution in [3.8, 4) is 11.5 Å². The van der Waals surface area contributed by atoms with Crippen LogP contribution >= 0.6 is 0 Å². The Morgan fingerprint density at radius 2 is 2.04 bits per heavy atom. The van der Waals surface area contributed by atoms with Crippen molar-refractivity contribution in [3.05, 3.63) is 23.8 Å². The highest BCUT2D eigenvalue weighted by molar-refractivity contribution is 5.76. The fourth-order valence-corrected chi connectivity index (χ4v) is 2.88. The summed E-state index contributed by atoms with van der Waals surface area (Å²) in [6.45, 7) is 6.11. The van der Waals surface area contributed by atoms with E-state index in [-0.39, 0.29) is 5.91 Å². The minimum absolute atomic E-state index is 0.0835. The number of nitrogens with zero attached hydrogens (tertiary/aromatic N) is 1. The molecule has 1 aliphatic rings. The number of methoxy groups -OCH3 is 2. The predicted octanol–water partition coefficient (Wildman–Crippen LogP) is 1.05. The van der Waals surface area contributed by atoms with Crippen molar-refractivity contribution in [1.82, 2.24) is 15.5 Å². The van der Waals surface area contributed by atoms with Crippen molar-refractivity contribution in [3.63, 3.8) is 0 Å². The second-order valence-corrected chi connectivity index (χ2v) is 5.97. The van der Waals surface area contributed by atoms with Gasteiger partial charge in [-0.25, -0.2) is 0 Å². The lowest BCUT2D eigenvalue weighted by atomic mass is 10.1. The molecule has 0 bridgehead atoms. The maximum atomic E-state index is 12.0. The van der Waals surface area contributed by atoms with E-state index in [1.807, 2.05) is 18.2 Å². The molecule has 1 fully saturated rings. The number of amides is 1. The molecule has 0 aliphatic carbocycles. The largest absolute Gasteiger partial charge is 0.497 e. The molecule has 1 aromatic carbocycles. The highest BCUT2D eigenvalue weighted by Gasteiger charge is 2.10. The van der Waals surface area contributed by atoms with Crippen molar-refractivity contribution in [1.29, 1.82) is 0 Å². The standard InChI is InChI=1S/C18H29N3O3/c1-23-16-5-6-17(24-2)15(14-16)4-7-18(22)20-8-3-11-21-12-9-19-10-13-21/h5-6,14,19H,3-4,7-13H2,1-2H3,(H,20,22). The maximum Gasteiger partial charge on any atom is 0.220 e. The van der Waals surface area contributed by atoms with E-state index in [0.29, 0.717) is 12.8 Å². The van der Waals surface area contributed by atoms with Crippen LogP contribution < -0.4 is 20.1 Å². The first-order valence-electron chi connectivity index (χ1n) is 8.63. The van der Waals surface area contributed by atoms with Crippen molar-refractivity contribution in [2.45, 2.75) is 19.3 Å². The molecule has 0 atom stereocenters. The third kappa shape index (κ3) is 6.02. The molecule has 1 heterocycles. The molecule has 0 spiro atoms. The highest BCUT2D eigenvalue weighted by atomic mass is 16.5. The number of carbonyl (C=O) groups excluding carboxylic acids is 1. The number of piperazine rings is 1. The molecule has 0 unspecified atom stereocenters. The number of aryl methyl sites for hydroxylation is 1. The fourth-order valence-electron chi connectivity index (χ4n) is 2.88. The summed E-state index contributed by atoms with van der Waals surface area (Å²) in [5.41, 5.74) is 0.993. The van der Waals surface area contributed by atoms with Crippen LogP contribution in [0.1, 0.15) is 18.4 Å².